The Labute approximate surface area is 203 Å². The standard InChI is InChI=1S/C20H27ClN6O3.HI/c1-3-22-20(23-10-13-8-15(21)19-16(9-13)29-6-7-30-19)24-14-4-5-18-25-17(12-28-2)26-27(18)11-14;/h8-9,14H,3-7,10-12H2,1-2H3,(H2,22,23,24);1H. The summed E-state index contributed by atoms with van der Waals surface area (Å²) in [4.78, 5) is 9.26. The van der Waals surface area contributed by atoms with Crippen LogP contribution in [0.2, 0.25) is 5.02 Å². The summed E-state index contributed by atoms with van der Waals surface area (Å²) >= 11 is 6.34. The highest BCUT2D eigenvalue weighted by Gasteiger charge is 2.22. The lowest BCUT2D eigenvalue weighted by Crippen LogP contribution is -2.47. The summed E-state index contributed by atoms with van der Waals surface area (Å²) < 4.78 is 18.3. The number of nitrogens with zero attached hydrogens (tertiary/aromatic N) is 4. The molecule has 0 saturated heterocycles. The van der Waals surface area contributed by atoms with Gasteiger partial charge < -0.3 is 24.8 Å². The molecule has 11 heteroatoms. The van der Waals surface area contributed by atoms with Gasteiger partial charge in [-0.3, -0.25) is 0 Å². The van der Waals surface area contributed by atoms with E-state index in [0.717, 1.165) is 49.1 Å². The first-order valence-electron chi connectivity index (χ1n) is 10.2. The molecule has 0 spiro atoms. The number of hydrogen-bond acceptors (Lipinski definition) is 6. The molecule has 0 fully saturated rings. The van der Waals surface area contributed by atoms with Crippen molar-refractivity contribution in [3.63, 3.8) is 0 Å². The zero-order valence-corrected chi connectivity index (χ0v) is 20.8. The highest BCUT2D eigenvalue weighted by molar-refractivity contribution is 14.0. The first-order chi connectivity index (χ1) is 14.7. The van der Waals surface area contributed by atoms with Gasteiger partial charge in [0.05, 0.1) is 18.1 Å². The summed E-state index contributed by atoms with van der Waals surface area (Å²) in [6, 6.07) is 4.03. The molecule has 1 aromatic heterocycles. The van der Waals surface area contributed by atoms with Crippen molar-refractivity contribution < 1.29 is 14.2 Å². The number of benzene rings is 1. The Morgan fingerprint density at radius 1 is 1.35 bits per heavy atom. The van der Waals surface area contributed by atoms with Crippen LogP contribution in [0.4, 0.5) is 0 Å². The van der Waals surface area contributed by atoms with Crippen LogP contribution in [0.5, 0.6) is 11.5 Å². The molecular formula is C20H28ClIN6O3. The fourth-order valence-corrected chi connectivity index (χ4v) is 3.90. The zero-order valence-electron chi connectivity index (χ0n) is 17.7. The smallest absolute Gasteiger partial charge is 0.191 e. The van der Waals surface area contributed by atoms with E-state index < -0.39 is 0 Å². The van der Waals surface area contributed by atoms with Gasteiger partial charge in [0.25, 0.3) is 0 Å². The molecule has 2 aliphatic heterocycles. The highest BCUT2D eigenvalue weighted by Crippen LogP contribution is 2.38. The van der Waals surface area contributed by atoms with Gasteiger partial charge in [-0.2, -0.15) is 5.10 Å². The lowest BCUT2D eigenvalue weighted by molar-refractivity contribution is 0.171. The SMILES string of the molecule is CCNC(=NCc1cc(Cl)c2c(c1)OCCO2)NC1CCc2nc(COC)nn2C1.I. The van der Waals surface area contributed by atoms with E-state index in [-0.39, 0.29) is 30.0 Å². The van der Waals surface area contributed by atoms with Gasteiger partial charge in [-0.1, -0.05) is 11.6 Å². The minimum atomic E-state index is 0. The summed E-state index contributed by atoms with van der Waals surface area (Å²) in [7, 11) is 1.65. The summed E-state index contributed by atoms with van der Waals surface area (Å²) in [5.41, 5.74) is 0.966. The van der Waals surface area contributed by atoms with E-state index in [9.17, 15) is 0 Å². The van der Waals surface area contributed by atoms with Crippen LogP contribution in [-0.4, -0.2) is 53.6 Å². The van der Waals surface area contributed by atoms with Crippen LogP contribution in [0.1, 0.15) is 30.6 Å². The second kappa shape index (κ2) is 11.2. The van der Waals surface area contributed by atoms with E-state index in [4.69, 9.17) is 30.8 Å². The Morgan fingerprint density at radius 2 is 2.19 bits per heavy atom. The third-order valence-corrected chi connectivity index (χ3v) is 5.22. The zero-order chi connectivity index (χ0) is 20.9. The number of hydrogen-bond donors (Lipinski definition) is 2. The predicted molar refractivity (Wildman–Crippen MR) is 129 cm³/mol. The fourth-order valence-electron chi connectivity index (χ4n) is 3.61. The van der Waals surface area contributed by atoms with Gasteiger partial charge >= 0.3 is 0 Å². The second-order valence-corrected chi connectivity index (χ2v) is 7.64. The van der Waals surface area contributed by atoms with Gasteiger partial charge in [0, 0.05) is 26.1 Å². The average molecular weight is 563 g/mol. The molecule has 2 aliphatic rings. The molecule has 3 heterocycles. The minimum Gasteiger partial charge on any atom is -0.486 e. The van der Waals surface area contributed by atoms with Crippen molar-refractivity contribution in [2.45, 2.75) is 45.5 Å². The number of aliphatic imine (C=N–C) groups is 1. The number of fused-ring (bicyclic) bond motifs is 2. The Hall–Kier alpha value is -1.79. The summed E-state index contributed by atoms with van der Waals surface area (Å²) in [5.74, 6) is 3.78. The molecule has 1 unspecified atom stereocenters. The van der Waals surface area contributed by atoms with Crippen molar-refractivity contribution in [1.82, 2.24) is 25.4 Å². The molecule has 2 aromatic rings. The minimum absolute atomic E-state index is 0. The van der Waals surface area contributed by atoms with E-state index in [1.807, 2.05) is 23.7 Å². The highest BCUT2D eigenvalue weighted by atomic mass is 127. The van der Waals surface area contributed by atoms with Gasteiger partial charge in [-0.25, -0.2) is 14.7 Å². The van der Waals surface area contributed by atoms with Crippen molar-refractivity contribution in [1.29, 1.82) is 0 Å². The maximum absolute atomic E-state index is 6.34. The van der Waals surface area contributed by atoms with Gasteiger partial charge in [-0.05, 0) is 31.0 Å². The predicted octanol–water partition coefficient (Wildman–Crippen LogP) is 2.54. The number of methoxy groups -OCH3 is 1. The van der Waals surface area contributed by atoms with Crippen molar-refractivity contribution in [3.05, 3.63) is 34.4 Å². The third-order valence-electron chi connectivity index (χ3n) is 4.94. The quantitative estimate of drug-likeness (QED) is 0.317. The lowest BCUT2D eigenvalue weighted by atomic mass is 10.1. The lowest BCUT2D eigenvalue weighted by Gasteiger charge is -2.25. The Bertz CT molecular complexity index is 923. The van der Waals surface area contributed by atoms with Crippen LogP contribution in [0.15, 0.2) is 17.1 Å². The van der Waals surface area contributed by atoms with E-state index in [1.54, 1.807) is 7.11 Å². The van der Waals surface area contributed by atoms with Crippen LogP contribution in [-0.2, 0) is 30.9 Å². The maximum Gasteiger partial charge on any atom is 0.191 e. The average Bonchev–Trinajstić information content (AvgIpc) is 3.14. The third kappa shape index (κ3) is 5.92. The maximum atomic E-state index is 6.34. The van der Waals surface area contributed by atoms with Crippen molar-refractivity contribution in [2.24, 2.45) is 4.99 Å². The van der Waals surface area contributed by atoms with Crippen molar-refractivity contribution in [2.75, 3.05) is 26.9 Å². The van der Waals surface area contributed by atoms with E-state index >= 15 is 0 Å². The number of guanidine groups is 1. The molecule has 0 aliphatic carbocycles. The molecular weight excluding hydrogens is 535 g/mol. The topological polar surface area (TPSA) is 94.8 Å². The van der Waals surface area contributed by atoms with Crippen LogP contribution in [0.25, 0.3) is 0 Å². The van der Waals surface area contributed by atoms with Gasteiger partial charge in [-0.15, -0.1) is 24.0 Å². The molecule has 31 heavy (non-hydrogen) atoms. The van der Waals surface area contributed by atoms with Gasteiger partial charge in [0.15, 0.2) is 23.3 Å². The van der Waals surface area contributed by atoms with Crippen LogP contribution >= 0.6 is 35.6 Å². The summed E-state index contributed by atoms with van der Waals surface area (Å²) in [6.07, 6.45) is 1.83. The first kappa shape index (κ1) is 23.9. The fraction of sp³-hybridized carbons (Fsp3) is 0.550. The number of aromatic nitrogens is 3. The molecule has 9 nitrogen and oxygen atoms in total. The van der Waals surface area contributed by atoms with E-state index in [1.165, 1.54) is 0 Å². The van der Waals surface area contributed by atoms with Crippen LogP contribution in [0, 0.1) is 0 Å². The number of nitrogens with one attached hydrogen (secondary N) is 2. The Balaban J connectivity index is 0.00000272. The van der Waals surface area contributed by atoms with E-state index in [2.05, 4.69) is 20.7 Å². The molecule has 1 aromatic carbocycles. The van der Waals surface area contributed by atoms with Gasteiger partial charge in [0.1, 0.15) is 25.6 Å². The van der Waals surface area contributed by atoms with E-state index in [0.29, 0.717) is 42.9 Å². The van der Waals surface area contributed by atoms with Crippen molar-refractivity contribution >= 4 is 41.5 Å². The summed E-state index contributed by atoms with van der Waals surface area (Å²) in [5, 5.41) is 11.9. The number of ether oxygens (including phenoxy) is 3. The first-order valence-corrected chi connectivity index (χ1v) is 10.6. The molecule has 1 atom stereocenters. The molecule has 4 rings (SSSR count). The molecule has 0 bridgehead atoms. The normalized spacial score (nSPS) is 17.5. The largest absolute Gasteiger partial charge is 0.486 e. The number of aryl methyl sites for hydroxylation is 1. The second-order valence-electron chi connectivity index (χ2n) is 7.24. The molecule has 170 valence electrons. The van der Waals surface area contributed by atoms with Gasteiger partial charge in [0.2, 0.25) is 0 Å². The number of halogens is 2. The Morgan fingerprint density at radius 3 is 3.00 bits per heavy atom. The number of rotatable bonds is 6. The summed E-state index contributed by atoms with van der Waals surface area (Å²) in [6.45, 7) is 5.51. The van der Waals surface area contributed by atoms with Crippen LogP contribution < -0.4 is 20.1 Å². The molecule has 0 amide bonds. The monoisotopic (exact) mass is 562 g/mol. The molecule has 0 radical (unpaired) electrons. The molecule has 0 saturated carbocycles. The van der Waals surface area contributed by atoms with Crippen molar-refractivity contribution in [3.8, 4) is 11.5 Å². The Kier molecular flexibility index (Phi) is 8.61. The van der Waals surface area contributed by atoms with Crippen LogP contribution in [0.3, 0.4) is 0 Å². The molecule has 2 N–H and O–H groups in total.